The van der Waals surface area contributed by atoms with Crippen LogP contribution in [-0.2, 0) is 4.79 Å². The number of carbonyl (C=O) groups is 2. The number of nitrogens with zero attached hydrogens (tertiary/aromatic N) is 2. The van der Waals surface area contributed by atoms with Gasteiger partial charge in [0, 0.05) is 19.9 Å². The van der Waals surface area contributed by atoms with Crippen molar-refractivity contribution in [2.24, 2.45) is 5.10 Å². The van der Waals surface area contributed by atoms with E-state index in [1.807, 2.05) is 18.2 Å². The van der Waals surface area contributed by atoms with Crippen LogP contribution in [0.2, 0.25) is 0 Å². The van der Waals surface area contributed by atoms with E-state index >= 15 is 0 Å². The smallest absolute Gasteiger partial charge is 0.272 e. The molecule has 0 aliphatic carbocycles. The summed E-state index contributed by atoms with van der Waals surface area (Å²) < 4.78 is 1.69. The van der Waals surface area contributed by atoms with Crippen LogP contribution >= 0.6 is 31.9 Å². The van der Waals surface area contributed by atoms with Crippen molar-refractivity contribution in [2.45, 2.75) is 13.0 Å². The van der Waals surface area contributed by atoms with Gasteiger partial charge in [-0.3, -0.25) is 14.4 Å². The summed E-state index contributed by atoms with van der Waals surface area (Å²) in [5.74, 6) is -1.09. The predicted octanol–water partition coefficient (Wildman–Crippen LogP) is 4.46. The Morgan fingerprint density at radius 2 is 1.54 bits per heavy atom. The number of benzene rings is 3. The summed E-state index contributed by atoms with van der Waals surface area (Å²) in [6, 6.07) is 19.6. The quantitative estimate of drug-likeness (QED) is 0.225. The van der Waals surface area contributed by atoms with Crippen molar-refractivity contribution in [3.8, 4) is 0 Å². The van der Waals surface area contributed by atoms with Crippen LogP contribution in [0.25, 0.3) is 10.8 Å². The Kier molecular flexibility index (Phi) is 7.52. The van der Waals surface area contributed by atoms with Crippen molar-refractivity contribution in [3.05, 3.63) is 109 Å². The highest BCUT2D eigenvalue weighted by molar-refractivity contribution is 9.11. The number of H-pyrrole nitrogens is 1. The Morgan fingerprint density at radius 3 is 2.23 bits per heavy atom. The van der Waals surface area contributed by atoms with E-state index in [2.05, 4.69) is 57.9 Å². The van der Waals surface area contributed by atoms with Gasteiger partial charge in [-0.15, -0.1) is 0 Å². The first-order chi connectivity index (χ1) is 16.8. The van der Waals surface area contributed by atoms with Gasteiger partial charge in [-0.05, 0) is 48.9 Å². The zero-order chi connectivity index (χ0) is 24.9. The summed E-state index contributed by atoms with van der Waals surface area (Å²) in [6.07, 6.45) is 0. The first-order valence-electron chi connectivity index (χ1n) is 10.5. The van der Waals surface area contributed by atoms with E-state index in [4.69, 9.17) is 0 Å². The van der Waals surface area contributed by atoms with Crippen LogP contribution < -0.4 is 16.3 Å². The Labute approximate surface area is 217 Å². The summed E-state index contributed by atoms with van der Waals surface area (Å²) in [5.41, 5.74) is 4.03. The van der Waals surface area contributed by atoms with E-state index in [1.54, 1.807) is 61.5 Å². The van der Waals surface area contributed by atoms with Gasteiger partial charge >= 0.3 is 0 Å². The van der Waals surface area contributed by atoms with Gasteiger partial charge in [-0.2, -0.15) is 10.2 Å². The molecule has 3 N–H and O–H groups in total. The van der Waals surface area contributed by atoms with Gasteiger partial charge in [-0.25, -0.2) is 10.5 Å². The van der Waals surface area contributed by atoms with Crippen LogP contribution in [0.15, 0.2) is 91.6 Å². The molecule has 1 atom stereocenters. The maximum Gasteiger partial charge on any atom is 0.272 e. The zero-order valence-corrected chi connectivity index (χ0v) is 21.6. The third-order valence-electron chi connectivity index (χ3n) is 5.19. The van der Waals surface area contributed by atoms with Crippen LogP contribution in [0, 0.1) is 0 Å². The molecular weight excluding hydrogens is 578 g/mol. The second-order valence-corrected chi connectivity index (χ2v) is 9.42. The molecule has 10 heteroatoms. The third kappa shape index (κ3) is 5.72. The van der Waals surface area contributed by atoms with Crippen LogP contribution in [0.5, 0.6) is 0 Å². The Bertz CT molecular complexity index is 1480. The van der Waals surface area contributed by atoms with Gasteiger partial charge in [0.05, 0.1) is 11.1 Å². The highest BCUT2D eigenvalue weighted by Crippen LogP contribution is 2.22. The van der Waals surface area contributed by atoms with Crippen molar-refractivity contribution in [1.82, 2.24) is 20.9 Å². The van der Waals surface area contributed by atoms with E-state index in [-0.39, 0.29) is 5.69 Å². The molecule has 0 aliphatic rings. The molecule has 35 heavy (non-hydrogen) atoms. The number of hydrogen-bond donors (Lipinski definition) is 3. The highest BCUT2D eigenvalue weighted by atomic mass is 79.9. The number of carbonyl (C=O) groups excluding carboxylic acids is 2. The molecule has 3 aromatic carbocycles. The van der Waals surface area contributed by atoms with Gasteiger partial charge in [0.15, 0.2) is 6.04 Å². The minimum atomic E-state index is -1.23. The lowest BCUT2D eigenvalue weighted by Crippen LogP contribution is -2.40. The first-order valence-corrected chi connectivity index (χ1v) is 12.1. The lowest BCUT2D eigenvalue weighted by Gasteiger charge is -2.18. The van der Waals surface area contributed by atoms with Crippen LogP contribution in [0.1, 0.15) is 34.6 Å². The van der Waals surface area contributed by atoms with E-state index in [1.165, 1.54) is 0 Å². The molecule has 0 saturated heterocycles. The fourth-order valence-corrected chi connectivity index (χ4v) is 4.74. The molecule has 1 heterocycles. The maximum atomic E-state index is 13.3. The second kappa shape index (κ2) is 10.7. The number of hydrazone groups is 1. The SMILES string of the molecule is C/C(=N\NC(=O)C(NC(=O)c1ccccc1)c1n[nH]c(=O)c2ccccc12)c1cc(Br)cc(Br)c1. The molecule has 0 spiro atoms. The van der Waals surface area contributed by atoms with E-state index in [0.717, 1.165) is 14.5 Å². The third-order valence-corrected chi connectivity index (χ3v) is 6.10. The highest BCUT2D eigenvalue weighted by Gasteiger charge is 2.27. The Balaban J connectivity index is 1.70. The maximum absolute atomic E-state index is 13.3. The molecule has 0 radical (unpaired) electrons. The number of fused-ring (bicyclic) bond motifs is 1. The molecule has 4 aromatic rings. The number of amides is 2. The summed E-state index contributed by atoms with van der Waals surface area (Å²) >= 11 is 6.87. The average molecular weight is 597 g/mol. The monoisotopic (exact) mass is 595 g/mol. The zero-order valence-electron chi connectivity index (χ0n) is 18.4. The molecule has 0 fully saturated rings. The Morgan fingerprint density at radius 1 is 0.914 bits per heavy atom. The summed E-state index contributed by atoms with van der Waals surface area (Å²) in [6.45, 7) is 1.75. The van der Waals surface area contributed by atoms with E-state index < -0.39 is 23.4 Å². The normalized spacial score (nSPS) is 12.3. The van der Waals surface area contributed by atoms with Gasteiger partial charge < -0.3 is 5.32 Å². The molecule has 0 saturated carbocycles. The summed E-state index contributed by atoms with van der Waals surface area (Å²) in [7, 11) is 0. The van der Waals surface area contributed by atoms with Crippen molar-refractivity contribution in [1.29, 1.82) is 0 Å². The standard InChI is InChI=1S/C25H19Br2N5O3/c1-14(16-11-17(26)13-18(27)12-16)29-32-25(35)22(28-23(33)15-7-3-2-4-8-15)21-19-9-5-6-10-20(19)24(34)31-30-21/h2-13,22H,1H3,(H,28,33)(H,31,34)(H,32,35)/b29-14+. The first kappa shape index (κ1) is 24.5. The van der Waals surface area contributed by atoms with E-state index in [0.29, 0.717) is 22.0 Å². The fourth-order valence-electron chi connectivity index (χ4n) is 3.45. The van der Waals surface area contributed by atoms with Crippen LogP contribution in [-0.4, -0.2) is 27.7 Å². The summed E-state index contributed by atoms with van der Waals surface area (Å²) in [4.78, 5) is 38.5. The average Bonchev–Trinajstić information content (AvgIpc) is 2.86. The van der Waals surface area contributed by atoms with Crippen LogP contribution in [0.3, 0.4) is 0 Å². The molecule has 1 aromatic heterocycles. The molecule has 0 aliphatic heterocycles. The molecule has 1 unspecified atom stereocenters. The molecule has 4 rings (SSSR count). The van der Waals surface area contributed by atoms with E-state index in [9.17, 15) is 14.4 Å². The molecule has 176 valence electrons. The van der Waals surface area contributed by atoms with Crippen molar-refractivity contribution in [2.75, 3.05) is 0 Å². The van der Waals surface area contributed by atoms with Gasteiger partial charge in [0.2, 0.25) is 0 Å². The van der Waals surface area contributed by atoms with Gasteiger partial charge in [0.25, 0.3) is 17.4 Å². The van der Waals surface area contributed by atoms with Crippen molar-refractivity contribution < 1.29 is 9.59 Å². The van der Waals surface area contributed by atoms with Crippen molar-refractivity contribution >= 4 is 60.2 Å². The van der Waals surface area contributed by atoms with Gasteiger partial charge in [-0.1, -0.05) is 68.3 Å². The number of hydrogen-bond acceptors (Lipinski definition) is 5. The molecule has 0 bridgehead atoms. The Hall–Kier alpha value is -3.63. The second-order valence-electron chi connectivity index (χ2n) is 7.59. The van der Waals surface area contributed by atoms with Crippen LogP contribution in [0.4, 0.5) is 0 Å². The lowest BCUT2D eigenvalue weighted by atomic mass is 10.0. The molecular formula is C25H19Br2N5O3. The number of halogens is 2. The number of nitrogens with one attached hydrogen (secondary N) is 3. The predicted molar refractivity (Wildman–Crippen MR) is 141 cm³/mol. The largest absolute Gasteiger partial charge is 0.335 e. The number of aromatic nitrogens is 2. The molecule has 8 nitrogen and oxygen atoms in total. The topological polar surface area (TPSA) is 116 Å². The minimum Gasteiger partial charge on any atom is -0.335 e. The number of aromatic amines is 1. The lowest BCUT2D eigenvalue weighted by molar-refractivity contribution is -0.123. The summed E-state index contributed by atoms with van der Waals surface area (Å²) in [5, 5.41) is 14.3. The van der Waals surface area contributed by atoms with Crippen molar-refractivity contribution in [3.63, 3.8) is 0 Å². The van der Waals surface area contributed by atoms with Gasteiger partial charge in [0.1, 0.15) is 5.69 Å². The fraction of sp³-hybridized carbons (Fsp3) is 0.0800. The minimum absolute atomic E-state index is 0.194. The number of rotatable bonds is 6. The molecule has 2 amide bonds.